The highest BCUT2D eigenvalue weighted by Gasteiger charge is 2.72. The van der Waals surface area contributed by atoms with E-state index < -0.39 is 46.4 Å². The number of hydrogen-bond donors (Lipinski definition) is 4. The molecule has 4 rings (SSSR count). The summed E-state index contributed by atoms with van der Waals surface area (Å²) in [5.41, 5.74) is -2.88. The van der Waals surface area contributed by atoms with Gasteiger partial charge in [0.05, 0.1) is 12.2 Å². The average Bonchev–Trinajstić information content (AvgIpc) is 2.83. The number of ketones is 2. The summed E-state index contributed by atoms with van der Waals surface area (Å²) in [6.07, 6.45) is 3.49. The second-order valence-corrected chi connectivity index (χ2v) is 9.97. The molecule has 0 bridgehead atoms. The first-order chi connectivity index (χ1) is 13.0. The molecule has 0 radical (unpaired) electrons. The Kier molecular flexibility index (Phi) is 4.50. The number of carbonyl (C=O) groups is 2. The van der Waals surface area contributed by atoms with Crippen LogP contribution in [0.3, 0.4) is 0 Å². The normalized spacial score (nSPS) is 52.5. The van der Waals surface area contributed by atoms with Crippen molar-refractivity contribution >= 4 is 23.2 Å². The molecule has 0 saturated heterocycles. The number of aliphatic hydroxyl groups is 4. The van der Waals surface area contributed by atoms with Crippen LogP contribution in [0.5, 0.6) is 0 Å². The summed E-state index contributed by atoms with van der Waals surface area (Å²) < 4.78 is 0. The molecule has 0 heterocycles. The Bertz CT molecular complexity index is 792. The van der Waals surface area contributed by atoms with Crippen molar-refractivity contribution < 1.29 is 30.0 Å². The number of Topliss-reactive ketones (excluding diaryl/α,β-unsaturated/α-hetero) is 1. The maximum absolute atomic E-state index is 12.4. The average molecular weight is 411 g/mol. The lowest BCUT2D eigenvalue weighted by molar-refractivity contribution is -0.189. The van der Waals surface area contributed by atoms with Crippen LogP contribution >= 0.6 is 11.6 Å². The first-order valence-corrected chi connectivity index (χ1v) is 10.3. The first-order valence-electron chi connectivity index (χ1n) is 9.81. The molecule has 0 aromatic rings. The molecule has 3 saturated carbocycles. The lowest BCUT2D eigenvalue weighted by atomic mass is 9.46. The number of carbonyl (C=O) groups excluding carboxylic acids is 2. The minimum Gasteiger partial charge on any atom is -0.393 e. The van der Waals surface area contributed by atoms with E-state index in [0.29, 0.717) is 6.42 Å². The summed E-state index contributed by atoms with van der Waals surface area (Å²) in [6.45, 7) is 2.82. The molecule has 0 aliphatic heterocycles. The molecule has 28 heavy (non-hydrogen) atoms. The van der Waals surface area contributed by atoms with Crippen LogP contribution in [-0.2, 0) is 9.59 Å². The van der Waals surface area contributed by atoms with Crippen molar-refractivity contribution in [1.29, 1.82) is 0 Å². The van der Waals surface area contributed by atoms with E-state index in [1.165, 1.54) is 6.08 Å². The topological polar surface area (TPSA) is 115 Å². The molecule has 3 fully saturated rings. The number of halogens is 1. The Morgan fingerprint density at radius 1 is 1.32 bits per heavy atom. The zero-order chi connectivity index (χ0) is 20.6. The van der Waals surface area contributed by atoms with Gasteiger partial charge in [0.15, 0.2) is 17.2 Å². The van der Waals surface area contributed by atoms with E-state index in [0.717, 1.165) is 5.57 Å². The fraction of sp³-hybridized carbons (Fsp3) is 0.714. The van der Waals surface area contributed by atoms with Crippen molar-refractivity contribution in [3.05, 3.63) is 23.8 Å². The highest BCUT2D eigenvalue weighted by Crippen LogP contribution is 2.67. The van der Waals surface area contributed by atoms with E-state index in [4.69, 9.17) is 11.6 Å². The second-order valence-electron chi connectivity index (χ2n) is 9.41. The van der Waals surface area contributed by atoms with E-state index in [-0.39, 0.29) is 36.4 Å². The zero-order valence-corrected chi connectivity index (χ0v) is 16.8. The predicted molar refractivity (Wildman–Crippen MR) is 101 cm³/mol. The van der Waals surface area contributed by atoms with Gasteiger partial charge < -0.3 is 20.4 Å². The molecule has 0 aromatic heterocycles. The van der Waals surface area contributed by atoms with Gasteiger partial charge in [-0.3, -0.25) is 9.59 Å². The van der Waals surface area contributed by atoms with Crippen LogP contribution in [0.25, 0.3) is 0 Å². The summed E-state index contributed by atoms with van der Waals surface area (Å²) in [5.74, 6) is -1.78. The Labute approximate surface area is 168 Å². The predicted octanol–water partition coefficient (Wildman–Crippen LogP) is 0.746. The van der Waals surface area contributed by atoms with Gasteiger partial charge in [-0.25, -0.2) is 0 Å². The molecule has 154 valence electrons. The van der Waals surface area contributed by atoms with Crippen LogP contribution in [0.4, 0.5) is 0 Å². The van der Waals surface area contributed by atoms with Gasteiger partial charge in [-0.2, -0.15) is 0 Å². The number of fused-ring (bicyclic) bond motifs is 5. The van der Waals surface area contributed by atoms with Crippen molar-refractivity contribution in [2.24, 2.45) is 28.6 Å². The Morgan fingerprint density at radius 3 is 2.64 bits per heavy atom. The van der Waals surface area contributed by atoms with Crippen LogP contribution in [-0.4, -0.2) is 61.8 Å². The number of aliphatic hydroxyl groups excluding tert-OH is 3. The highest BCUT2D eigenvalue weighted by molar-refractivity contribution is 6.21. The van der Waals surface area contributed by atoms with Crippen molar-refractivity contribution in [1.82, 2.24) is 0 Å². The summed E-state index contributed by atoms with van der Waals surface area (Å²) in [4.78, 5) is 24.3. The van der Waals surface area contributed by atoms with Gasteiger partial charge in [0.25, 0.3) is 0 Å². The minimum atomic E-state index is -2.12. The molecular weight excluding hydrogens is 384 g/mol. The summed E-state index contributed by atoms with van der Waals surface area (Å²) >= 11 is 6.78. The third kappa shape index (κ3) is 2.30. The smallest absolute Gasteiger partial charge is 0.192 e. The molecular formula is C21H27ClO6. The maximum atomic E-state index is 12.4. The zero-order valence-electron chi connectivity index (χ0n) is 16.0. The lowest BCUT2D eigenvalue weighted by Gasteiger charge is -2.60. The first kappa shape index (κ1) is 20.2. The van der Waals surface area contributed by atoms with Crippen LogP contribution < -0.4 is 0 Å². The molecule has 0 amide bonds. The summed E-state index contributed by atoms with van der Waals surface area (Å²) in [7, 11) is 0. The van der Waals surface area contributed by atoms with E-state index in [1.54, 1.807) is 13.0 Å². The van der Waals surface area contributed by atoms with Gasteiger partial charge in [-0.1, -0.05) is 25.5 Å². The van der Waals surface area contributed by atoms with Gasteiger partial charge in [-0.05, 0) is 43.3 Å². The maximum Gasteiger partial charge on any atom is 0.192 e. The number of hydrogen-bond acceptors (Lipinski definition) is 6. The van der Waals surface area contributed by atoms with Gasteiger partial charge in [0.2, 0.25) is 0 Å². The van der Waals surface area contributed by atoms with Gasteiger partial charge in [0.1, 0.15) is 6.61 Å². The third-order valence-corrected chi connectivity index (χ3v) is 8.72. The highest BCUT2D eigenvalue weighted by atomic mass is 35.5. The van der Waals surface area contributed by atoms with E-state index in [1.807, 2.05) is 13.0 Å². The summed E-state index contributed by atoms with van der Waals surface area (Å²) in [6, 6.07) is 0. The fourth-order valence-electron chi connectivity index (χ4n) is 6.88. The Morgan fingerprint density at radius 2 is 2.00 bits per heavy atom. The van der Waals surface area contributed by atoms with Crippen LogP contribution in [0.15, 0.2) is 23.8 Å². The minimum absolute atomic E-state index is 0.0934. The third-order valence-electron chi connectivity index (χ3n) is 8.27. The number of allylic oxidation sites excluding steroid dienone is 4. The molecule has 0 aromatic carbocycles. The van der Waals surface area contributed by atoms with Gasteiger partial charge >= 0.3 is 0 Å². The van der Waals surface area contributed by atoms with Crippen molar-refractivity contribution in [2.75, 3.05) is 6.61 Å². The molecule has 9 atom stereocenters. The Balaban J connectivity index is 1.82. The molecule has 4 N–H and O–H groups in total. The van der Waals surface area contributed by atoms with Crippen molar-refractivity contribution in [2.45, 2.75) is 56.3 Å². The monoisotopic (exact) mass is 410 g/mol. The SMILES string of the molecule is C[C@]12C=CC(=O)C=C1CC(Cl)[C@@H]1[C@@H]2C(O)C[C@@]2(C)[C@H]1CC(O)[C@]2(O)C(=O)CO. The second kappa shape index (κ2) is 6.22. The Hall–Kier alpha value is -1.05. The standard InChI is InChI=1S/C21H27ClO6/c1-19-4-3-11(24)5-10(19)6-13(22)17-12-7-15(26)21(28,16(27)9-23)20(12,2)8-14(25)18(17)19/h3-5,12-15,17-18,23,25-26,28H,6-9H2,1-2H3/t12-,13?,14?,15?,17+,18-,19-,20-,21-/m0/s1. The summed E-state index contributed by atoms with van der Waals surface area (Å²) in [5, 5.41) is 42.1. The molecule has 0 spiro atoms. The van der Waals surface area contributed by atoms with Gasteiger partial charge in [0, 0.05) is 22.1 Å². The van der Waals surface area contributed by atoms with Gasteiger partial charge in [-0.15, -0.1) is 11.6 Å². The molecule has 6 nitrogen and oxygen atoms in total. The van der Waals surface area contributed by atoms with E-state index in [2.05, 4.69) is 0 Å². The molecule has 4 aliphatic carbocycles. The van der Waals surface area contributed by atoms with Crippen molar-refractivity contribution in [3.63, 3.8) is 0 Å². The molecule has 4 aliphatic rings. The quantitative estimate of drug-likeness (QED) is 0.499. The van der Waals surface area contributed by atoms with Crippen LogP contribution in [0, 0.1) is 28.6 Å². The van der Waals surface area contributed by atoms with E-state index in [9.17, 15) is 30.0 Å². The number of alkyl halides is 1. The van der Waals surface area contributed by atoms with Crippen LogP contribution in [0.1, 0.15) is 33.1 Å². The molecule has 3 unspecified atom stereocenters. The van der Waals surface area contributed by atoms with Crippen molar-refractivity contribution in [3.8, 4) is 0 Å². The number of rotatable bonds is 2. The fourth-order valence-corrected chi connectivity index (χ4v) is 7.38. The lowest BCUT2D eigenvalue weighted by Crippen LogP contribution is -2.65. The molecule has 7 heteroatoms. The van der Waals surface area contributed by atoms with E-state index >= 15 is 0 Å². The van der Waals surface area contributed by atoms with Crippen LogP contribution in [0.2, 0.25) is 0 Å². The largest absolute Gasteiger partial charge is 0.393 e.